The Morgan fingerprint density at radius 1 is 0.735 bits per heavy atom. The molecule has 0 radical (unpaired) electrons. The first-order chi connectivity index (χ1) is 16.5. The fourth-order valence-corrected chi connectivity index (χ4v) is 4.55. The van der Waals surface area contributed by atoms with Gasteiger partial charge in [0.05, 0.1) is 35.6 Å². The quantitative estimate of drug-likeness (QED) is 0.595. The van der Waals surface area contributed by atoms with Crippen molar-refractivity contribution in [1.82, 2.24) is 19.8 Å². The summed E-state index contributed by atoms with van der Waals surface area (Å²) in [7, 11) is 0. The van der Waals surface area contributed by atoms with E-state index in [-0.39, 0.29) is 30.4 Å². The fourth-order valence-electron chi connectivity index (χ4n) is 4.55. The van der Waals surface area contributed by atoms with E-state index in [1.165, 1.54) is 4.90 Å². The summed E-state index contributed by atoms with van der Waals surface area (Å²) in [6, 6.07) is 21.5. The highest BCUT2D eigenvalue weighted by atomic mass is 16.2. The second kappa shape index (κ2) is 9.08. The molecule has 2 N–H and O–H groups in total. The van der Waals surface area contributed by atoms with Crippen molar-refractivity contribution in [3.63, 3.8) is 0 Å². The van der Waals surface area contributed by atoms with Crippen molar-refractivity contribution in [2.45, 2.75) is 43.3 Å². The highest BCUT2D eigenvalue weighted by Crippen LogP contribution is 2.50. The molecule has 7 nitrogen and oxygen atoms in total. The second-order valence-electron chi connectivity index (χ2n) is 9.37. The van der Waals surface area contributed by atoms with E-state index in [0.29, 0.717) is 6.54 Å². The van der Waals surface area contributed by atoms with E-state index in [1.807, 2.05) is 71.6 Å². The van der Waals surface area contributed by atoms with Crippen molar-refractivity contribution in [3.05, 3.63) is 96.1 Å². The lowest BCUT2D eigenvalue weighted by atomic mass is 10.1. The number of nitrogens with zero attached hydrogens (tertiary/aromatic N) is 4. The molecule has 2 aromatic heterocycles. The molecule has 1 aliphatic heterocycles. The van der Waals surface area contributed by atoms with Gasteiger partial charge in [-0.2, -0.15) is 0 Å². The summed E-state index contributed by atoms with van der Waals surface area (Å²) in [6.45, 7) is 1.16. The maximum Gasteiger partial charge on any atom is 0.244 e. The lowest BCUT2D eigenvalue weighted by molar-refractivity contribution is -0.156. The van der Waals surface area contributed by atoms with Crippen LogP contribution in [0.25, 0.3) is 0 Å². The first-order valence-electron chi connectivity index (χ1n) is 11.7. The maximum absolute atomic E-state index is 12.7. The molecular formula is C27H29N5O2. The number of pyridine rings is 2. The van der Waals surface area contributed by atoms with Crippen LogP contribution in [0.4, 0.5) is 0 Å². The smallest absolute Gasteiger partial charge is 0.244 e. The molecule has 34 heavy (non-hydrogen) atoms. The van der Waals surface area contributed by atoms with Gasteiger partial charge in [-0.1, -0.05) is 42.5 Å². The van der Waals surface area contributed by atoms with Gasteiger partial charge in [0.1, 0.15) is 0 Å². The number of carbonyl (C=O) groups is 2. The Morgan fingerprint density at radius 2 is 1.29 bits per heavy atom. The molecule has 0 bridgehead atoms. The third-order valence-electron chi connectivity index (χ3n) is 6.72. The topological polar surface area (TPSA) is 92.4 Å². The van der Waals surface area contributed by atoms with E-state index < -0.39 is 5.54 Å². The minimum Gasteiger partial charge on any atom is -0.320 e. The van der Waals surface area contributed by atoms with Crippen LogP contribution in [0.1, 0.15) is 42.6 Å². The second-order valence-corrected chi connectivity index (χ2v) is 9.37. The van der Waals surface area contributed by atoms with Crippen LogP contribution < -0.4 is 5.73 Å². The molecular weight excluding hydrogens is 426 g/mol. The van der Waals surface area contributed by atoms with Crippen molar-refractivity contribution < 1.29 is 9.59 Å². The number of hydrogen-bond acceptors (Lipinski definition) is 6. The van der Waals surface area contributed by atoms with Gasteiger partial charge >= 0.3 is 0 Å². The number of nitrogens with two attached hydrogens (primary N) is 1. The van der Waals surface area contributed by atoms with Gasteiger partial charge in [-0.25, -0.2) is 0 Å². The number of piperazine rings is 1. The zero-order valence-electron chi connectivity index (χ0n) is 19.1. The summed E-state index contributed by atoms with van der Waals surface area (Å²) < 4.78 is 0. The molecule has 3 fully saturated rings. The van der Waals surface area contributed by atoms with Gasteiger partial charge in [-0.15, -0.1) is 0 Å². The molecule has 0 unspecified atom stereocenters. The minimum absolute atomic E-state index is 0.0682. The zero-order valence-corrected chi connectivity index (χ0v) is 19.1. The summed E-state index contributed by atoms with van der Waals surface area (Å²) in [4.78, 5) is 37.4. The van der Waals surface area contributed by atoms with Crippen LogP contribution in [0.15, 0.2) is 79.1 Å². The average Bonchev–Trinajstić information content (AvgIpc) is 3.79. The summed E-state index contributed by atoms with van der Waals surface area (Å²) in [5, 5.41) is 0. The van der Waals surface area contributed by atoms with Crippen molar-refractivity contribution in [1.29, 1.82) is 0 Å². The number of imide groups is 1. The Labute approximate surface area is 199 Å². The van der Waals surface area contributed by atoms with Gasteiger partial charge in [0.15, 0.2) is 0 Å². The van der Waals surface area contributed by atoms with Crippen molar-refractivity contribution in [2.75, 3.05) is 13.1 Å². The first-order valence-corrected chi connectivity index (χ1v) is 11.7. The van der Waals surface area contributed by atoms with Crippen LogP contribution in [-0.4, -0.2) is 44.7 Å². The number of benzene rings is 1. The van der Waals surface area contributed by atoms with Gasteiger partial charge in [0.2, 0.25) is 11.8 Å². The zero-order chi connectivity index (χ0) is 23.6. The summed E-state index contributed by atoms with van der Waals surface area (Å²) in [5.74, 6) is -0.240. The largest absolute Gasteiger partial charge is 0.320 e. The third-order valence-corrected chi connectivity index (χ3v) is 6.72. The Bertz CT molecular complexity index is 1130. The van der Waals surface area contributed by atoms with Crippen LogP contribution in [-0.2, 0) is 27.2 Å². The summed E-state index contributed by atoms with van der Waals surface area (Å²) in [5.41, 5.74) is 8.30. The predicted octanol–water partition coefficient (Wildman–Crippen LogP) is 2.97. The Balaban J connectivity index is 0.000000200. The van der Waals surface area contributed by atoms with Crippen molar-refractivity contribution in [3.8, 4) is 0 Å². The van der Waals surface area contributed by atoms with Gasteiger partial charge in [0.25, 0.3) is 0 Å². The van der Waals surface area contributed by atoms with Gasteiger partial charge in [-0.05, 0) is 55.5 Å². The van der Waals surface area contributed by atoms with Crippen molar-refractivity contribution in [2.24, 2.45) is 5.73 Å². The molecule has 1 aromatic carbocycles. The number of aromatic nitrogens is 2. The summed E-state index contributed by atoms with van der Waals surface area (Å²) >= 11 is 0. The number of hydrogen-bond donors (Lipinski definition) is 1. The van der Waals surface area contributed by atoms with Gasteiger partial charge in [0, 0.05) is 18.9 Å². The van der Waals surface area contributed by atoms with E-state index in [0.717, 1.165) is 42.6 Å². The van der Waals surface area contributed by atoms with E-state index in [2.05, 4.69) is 9.97 Å². The van der Waals surface area contributed by atoms with E-state index in [4.69, 9.17) is 5.73 Å². The van der Waals surface area contributed by atoms with Crippen LogP contribution >= 0.6 is 0 Å². The Kier molecular flexibility index (Phi) is 5.98. The normalized spacial score (nSPS) is 20.3. The lowest BCUT2D eigenvalue weighted by Gasteiger charge is -2.37. The minimum atomic E-state index is -0.506. The molecule has 2 aliphatic carbocycles. The van der Waals surface area contributed by atoms with Crippen LogP contribution in [0.3, 0.4) is 0 Å². The number of amides is 2. The molecule has 2 amide bonds. The number of carbonyl (C=O) groups excluding carboxylic acids is 2. The number of rotatable bonds is 5. The Hall–Kier alpha value is -3.42. The van der Waals surface area contributed by atoms with E-state index in [1.54, 1.807) is 12.4 Å². The molecule has 1 saturated heterocycles. The summed E-state index contributed by atoms with van der Waals surface area (Å²) in [6.07, 6.45) is 7.30. The molecule has 2 saturated carbocycles. The van der Waals surface area contributed by atoms with Crippen LogP contribution in [0.5, 0.6) is 0 Å². The van der Waals surface area contributed by atoms with Gasteiger partial charge < -0.3 is 5.73 Å². The standard InChI is InChI=1S/C19H19N3O2.C8H10N2/c23-17-13-21(12-15-6-2-1-3-7-15)14-18(24)22(17)19(9-10-19)16-8-4-5-11-20-16;9-8(4-5-8)7-3-1-2-6-10-7/h1-8,11H,9-10,12-14H2;1-3,6H,4-5,9H2. The van der Waals surface area contributed by atoms with E-state index >= 15 is 0 Å². The molecule has 174 valence electrons. The molecule has 0 atom stereocenters. The molecule has 3 aromatic rings. The molecule has 3 aliphatic rings. The third kappa shape index (κ3) is 4.62. The fraction of sp³-hybridized carbons (Fsp3) is 0.333. The predicted molar refractivity (Wildman–Crippen MR) is 128 cm³/mol. The highest BCUT2D eigenvalue weighted by molar-refractivity contribution is 6.00. The van der Waals surface area contributed by atoms with Gasteiger partial charge in [-0.3, -0.25) is 29.4 Å². The molecule has 3 heterocycles. The molecule has 7 heteroatoms. The lowest BCUT2D eigenvalue weighted by Crippen LogP contribution is -2.57. The molecule has 6 rings (SSSR count). The Morgan fingerprint density at radius 3 is 1.79 bits per heavy atom. The van der Waals surface area contributed by atoms with Crippen LogP contribution in [0, 0.1) is 0 Å². The van der Waals surface area contributed by atoms with Crippen LogP contribution in [0.2, 0.25) is 0 Å². The maximum atomic E-state index is 12.7. The monoisotopic (exact) mass is 455 g/mol. The highest BCUT2D eigenvalue weighted by Gasteiger charge is 2.56. The van der Waals surface area contributed by atoms with E-state index in [9.17, 15) is 9.59 Å². The molecule has 0 spiro atoms. The SMILES string of the molecule is NC1(c2ccccn2)CC1.O=C1CN(Cc2ccccc2)CC(=O)N1C1(c2ccccn2)CC1. The first kappa shape index (κ1) is 22.4. The van der Waals surface area contributed by atoms with Crippen molar-refractivity contribution >= 4 is 11.8 Å². The average molecular weight is 456 g/mol.